The van der Waals surface area contributed by atoms with Crippen molar-refractivity contribution in [3.05, 3.63) is 0 Å². The van der Waals surface area contributed by atoms with Crippen LogP contribution in [0.1, 0.15) is 46.0 Å². The molecule has 0 spiro atoms. The highest BCUT2D eigenvalue weighted by molar-refractivity contribution is 4.85. The maximum Gasteiger partial charge on any atom is 0.0704 e. The van der Waals surface area contributed by atoms with Crippen LogP contribution in [0.2, 0.25) is 0 Å². The van der Waals surface area contributed by atoms with Gasteiger partial charge in [-0.3, -0.25) is 0 Å². The molecule has 0 aromatic heterocycles. The molecule has 1 saturated heterocycles. The van der Waals surface area contributed by atoms with Crippen LogP contribution in [-0.2, 0) is 4.74 Å². The van der Waals surface area contributed by atoms with Gasteiger partial charge in [-0.15, -0.1) is 0 Å². The second kappa shape index (κ2) is 4.19. The Morgan fingerprint density at radius 2 is 2.14 bits per heavy atom. The van der Waals surface area contributed by atoms with Gasteiger partial charge in [0.2, 0.25) is 0 Å². The quantitative estimate of drug-likeness (QED) is 0.747. The Morgan fingerprint density at radius 1 is 1.36 bits per heavy atom. The summed E-state index contributed by atoms with van der Waals surface area (Å²) in [6.07, 6.45) is 7.68. The Labute approximate surface area is 87.4 Å². The molecule has 0 aromatic carbocycles. The molecule has 2 atom stereocenters. The molecule has 2 rings (SSSR count). The molecule has 0 bridgehead atoms. The molecule has 2 aliphatic rings. The van der Waals surface area contributed by atoms with E-state index in [0.717, 1.165) is 6.54 Å². The second-order valence-corrected chi connectivity index (χ2v) is 5.44. The van der Waals surface area contributed by atoms with Crippen molar-refractivity contribution in [3.8, 4) is 0 Å². The van der Waals surface area contributed by atoms with Crippen molar-refractivity contribution in [2.75, 3.05) is 13.1 Å². The van der Waals surface area contributed by atoms with Crippen LogP contribution in [0, 0.1) is 5.41 Å². The predicted molar refractivity (Wildman–Crippen MR) is 58.4 cm³/mol. The average molecular weight is 197 g/mol. The van der Waals surface area contributed by atoms with Crippen molar-refractivity contribution < 1.29 is 4.74 Å². The molecule has 1 N–H and O–H groups in total. The molecule has 14 heavy (non-hydrogen) atoms. The molecule has 2 heteroatoms. The van der Waals surface area contributed by atoms with Crippen LogP contribution < -0.4 is 5.32 Å². The highest BCUT2D eigenvalue weighted by atomic mass is 16.5. The summed E-state index contributed by atoms with van der Waals surface area (Å²) in [5.41, 5.74) is 0.601. The molecule has 0 aromatic rings. The van der Waals surface area contributed by atoms with Crippen molar-refractivity contribution in [3.63, 3.8) is 0 Å². The average Bonchev–Trinajstić information content (AvgIpc) is 2.49. The van der Waals surface area contributed by atoms with E-state index in [1.807, 2.05) is 0 Å². The fourth-order valence-corrected chi connectivity index (χ4v) is 2.53. The molecule has 1 aliphatic carbocycles. The summed E-state index contributed by atoms with van der Waals surface area (Å²) in [5.74, 6) is 0. The molecular formula is C12H23NO. The van der Waals surface area contributed by atoms with Crippen LogP contribution in [-0.4, -0.2) is 25.3 Å². The zero-order valence-electron chi connectivity index (χ0n) is 9.51. The highest BCUT2D eigenvalue weighted by Crippen LogP contribution is 2.39. The Kier molecular flexibility index (Phi) is 3.13. The highest BCUT2D eigenvalue weighted by Gasteiger charge is 2.31. The number of hydrogen-bond donors (Lipinski definition) is 1. The third kappa shape index (κ3) is 2.48. The smallest absolute Gasteiger partial charge is 0.0704 e. The molecule has 2 nitrogen and oxygen atoms in total. The number of hydrogen-bond acceptors (Lipinski definition) is 2. The van der Waals surface area contributed by atoms with Gasteiger partial charge in [-0.1, -0.05) is 13.3 Å². The van der Waals surface area contributed by atoms with E-state index < -0.39 is 0 Å². The minimum atomic E-state index is 0.480. The van der Waals surface area contributed by atoms with E-state index in [9.17, 15) is 0 Å². The fraction of sp³-hybridized carbons (Fsp3) is 1.00. The zero-order valence-corrected chi connectivity index (χ0v) is 9.51. The third-order valence-corrected chi connectivity index (χ3v) is 3.80. The van der Waals surface area contributed by atoms with Gasteiger partial charge in [0.1, 0.15) is 0 Å². The largest absolute Gasteiger partial charge is 0.374 e. The van der Waals surface area contributed by atoms with Gasteiger partial charge >= 0.3 is 0 Å². The summed E-state index contributed by atoms with van der Waals surface area (Å²) in [7, 11) is 0. The standard InChI is InChI=1S/C12H23NO/c1-10-4-5-11(14-10)8-13-9-12(2)6-3-7-12/h10-11,13H,3-9H2,1-2H3. The Morgan fingerprint density at radius 3 is 2.64 bits per heavy atom. The molecule has 1 heterocycles. The predicted octanol–water partition coefficient (Wildman–Crippen LogP) is 2.33. The lowest BCUT2D eigenvalue weighted by atomic mass is 9.70. The summed E-state index contributed by atoms with van der Waals surface area (Å²) in [6.45, 7) is 6.80. The van der Waals surface area contributed by atoms with E-state index >= 15 is 0 Å². The molecular weight excluding hydrogens is 174 g/mol. The number of nitrogens with one attached hydrogen (secondary N) is 1. The minimum Gasteiger partial charge on any atom is -0.374 e. The first-order chi connectivity index (χ1) is 6.68. The Bertz CT molecular complexity index is 189. The molecule has 0 amide bonds. The van der Waals surface area contributed by atoms with Gasteiger partial charge in [0, 0.05) is 13.1 Å². The SMILES string of the molecule is CC1CCC(CNCC2(C)CCC2)O1. The van der Waals surface area contributed by atoms with Crippen LogP contribution in [0.3, 0.4) is 0 Å². The van der Waals surface area contributed by atoms with Crippen LogP contribution >= 0.6 is 0 Å². The zero-order chi connectivity index (χ0) is 10.0. The first-order valence-electron chi connectivity index (χ1n) is 6.04. The maximum absolute atomic E-state index is 5.77. The van der Waals surface area contributed by atoms with Crippen molar-refractivity contribution in [1.82, 2.24) is 5.32 Å². The van der Waals surface area contributed by atoms with Gasteiger partial charge in [-0.2, -0.15) is 0 Å². The van der Waals surface area contributed by atoms with E-state index in [-0.39, 0.29) is 0 Å². The van der Waals surface area contributed by atoms with Gasteiger partial charge in [0.25, 0.3) is 0 Å². The molecule has 0 radical (unpaired) electrons. The summed E-state index contributed by atoms with van der Waals surface area (Å²) >= 11 is 0. The first-order valence-corrected chi connectivity index (χ1v) is 6.04. The lowest BCUT2D eigenvalue weighted by Crippen LogP contribution is -2.40. The minimum absolute atomic E-state index is 0.480. The van der Waals surface area contributed by atoms with Crippen molar-refractivity contribution in [2.24, 2.45) is 5.41 Å². The van der Waals surface area contributed by atoms with Crippen LogP contribution in [0.4, 0.5) is 0 Å². The Balaban J connectivity index is 1.58. The molecule has 1 saturated carbocycles. The first kappa shape index (κ1) is 10.4. The monoisotopic (exact) mass is 197 g/mol. The third-order valence-electron chi connectivity index (χ3n) is 3.80. The fourth-order valence-electron chi connectivity index (χ4n) is 2.53. The normalized spacial score (nSPS) is 35.6. The molecule has 1 aliphatic heterocycles. The lowest BCUT2D eigenvalue weighted by molar-refractivity contribution is 0.0516. The summed E-state index contributed by atoms with van der Waals surface area (Å²) in [4.78, 5) is 0. The summed E-state index contributed by atoms with van der Waals surface area (Å²) in [6, 6.07) is 0. The van der Waals surface area contributed by atoms with Crippen LogP contribution in [0.25, 0.3) is 0 Å². The topological polar surface area (TPSA) is 21.3 Å². The molecule has 2 fully saturated rings. The van der Waals surface area contributed by atoms with Gasteiger partial charge in [-0.05, 0) is 38.0 Å². The summed E-state index contributed by atoms with van der Waals surface area (Å²) < 4.78 is 5.77. The molecule has 2 unspecified atom stereocenters. The van der Waals surface area contributed by atoms with Crippen LogP contribution in [0.5, 0.6) is 0 Å². The number of rotatable bonds is 4. The van der Waals surface area contributed by atoms with Crippen molar-refractivity contribution in [1.29, 1.82) is 0 Å². The second-order valence-electron chi connectivity index (χ2n) is 5.44. The lowest BCUT2D eigenvalue weighted by Gasteiger charge is -2.38. The molecule has 82 valence electrons. The van der Waals surface area contributed by atoms with Crippen LogP contribution in [0.15, 0.2) is 0 Å². The van der Waals surface area contributed by atoms with Gasteiger partial charge in [-0.25, -0.2) is 0 Å². The Hall–Kier alpha value is -0.0800. The number of ether oxygens (including phenoxy) is 1. The van der Waals surface area contributed by atoms with E-state index in [0.29, 0.717) is 17.6 Å². The van der Waals surface area contributed by atoms with Gasteiger partial charge < -0.3 is 10.1 Å². The van der Waals surface area contributed by atoms with Gasteiger partial charge in [0.15, 0.2) is 0 Å². The van der Waals surface area contributed by atoms with E-state index in [4.69, 9.17) is 4.74 Å². The van der Waals surface area contributed by atoms with E-state index in [1.54, 1.807) is 0 Å². The van der Waals surface area contributed by atoms with Crippen molar-refractivity contribution in [2.45, 2.75) is 58.2 Å². The maximum atomic E-state index is 5.77. The van der Waals surface area contributed by atoms with E-state index in [2.05, 4.69) is 19.2 Å². The van der Waals surface area contributed by atoms with Gasteiger partial charge in [0.05, 0.1) is 12.2 Å². The van der Waals surface area contributed by atoms with Crippen molar-refractivity contribution >= 4 is 0 Å². The van der Waals surface area contributed by atoms with E-state index in [1.165, 1.54) is 38.6 Å². The summed E-state index contributed by atoms with van der Waals surface area (Å²) in [5, 5.41) is 3.57.